The number of aryl methyl sites for hydroxylation is 2. The minimum atomic E-state index is -0.459. The average Bonchev–Trinajstić information content (AvgIpc) is 3.01. The largest absolute Gasteiger partial charge is 0.493 e. The highest BCUT2D eigenvalue weighted by atomic mass is 19.1. The highest BCUT2D eigenvalue weighted by molar-refractivity contribution is 5.43. The van der Waals surface area contributed by atoms with Crippen LogP contribution in [0.1, 0.15) is 28.1 Å². The van der Waals surface area contributed by atoms with Crippen LogP contribution < -0.4 is 14.8 Å². The Balaban J connectivity index is 1.61. The molecule has 1 heterocycles. The van der Waals surface area contributed by atoms with Gasteiger partial charge in [-0.3, -0.25) is 0 Å². The van der Waals surface area contributed by atoms with Crippen LogP contribution >= 0.6 is 0 Å². The molecule has 3 rings (SSSR count). The van der Waals surface area contributed by atoms with E-state index in [9.17, 15) is 8.78 Å². The molecule has 0 radical (unpaired) electrons. The van der Waals surface area contributed by atoms with E-state index in [0.717, 1.165) is 34.7 Å². The fourth-order valence-corrected chi connectivity index (χ4v) is 2.82. The number of hydrogen-bond donors (Lipinski definition) is 1. The number of nitrogens with one attached hydrogen (secondary N) is 1. The lowest BCUT2D eigenvalue weighted by Gasteiger charge is -2.13. The van der Waals surface area contributed by atoms with Gasteiger partial charge >= 0.3 is 0 Å². The third kappa shape index (κ3) is 4.67. The number of halogens is 2. The summed E-state index contributed by atoms with van der Waals surface area (Å²) >= 11 is 0. The molecule has 3 aromatic rings. The number of aromatic nitrogens is 1. The Morgan fingerprint density at radius 1 is 1.04 bits per heavy atom. The molecule has 0 fully saturated rings. The summed E-state index contributed by atoms with van der Waals surface area (Å²) in [6.45, 7) is 4.72. The molecular formula is C21H22F2N2O3. The summed E-state index contributed by atoms with van der Waals surface area (Å²) in [5.74, 6) is 1.02. The predicted octanol–water partition coefficient (Wildman–Crippen LogP) is 4.45. The van der Waals surface area contributed by atoms with Crippen molar-refractivity contribution in [3.63, 3.8) is 0 Å². The second kappa shape index (κ2) is 8.84. The van der Waals surface area contributed by atoms with Gasteiger partial charge in [0.1, 0.15) is 24.0 Å². The van der Waals surface area contributed by atoms with Crippen molar-refractivity contribution in [3.05, 3.63) is 76.2 Å². The molecule has 0 aliphatic rings. The summed E-state index contributed by atoms with van der Waals surface area (Å²) in [5.41, 5.74) is 2.91. The zero-order valence-corrected chi connectivity index (χ0v) is 16.0. The van der Waals surface area contributed by atoms with Crippen LogP contribution in [0.5, 0.6) is 11.5 Å². The van der Waals surface area contributed by atoms with E-state index >= 15 is 0 Å². The second-order valence-electron chi connectivity index (χ2n) is 6.42. The Hall–Kier alpha value is -2.93. The summed E-state index contributed by atoms with van der Waals surface area (Å²) in [5, 5.41) is 7.01. The number of ether oxygens (including phenoxy) is 2. The van der Waals surface area contributed by atoms with Gasteiger partial charge < -0.3 is 19.3 Å². The van der Waals surface area contributed by atoms with Gasteiger partial charge in [-0.25, -0.2) is 8.78 Å². The van der Waals surface area contributed by atoms with Crippen molar-refractivity contribution in [1.82, 2.24) is 10.5 Å². The SMILES string of the molecule is COc1cc(CNCc2cc(F)ccc2F)ccc1OCc1c(C)noc1C. The molecule has 1 N–H and O–H groups in total. The molecule has 7 heteroatoms. The van der Waals surface area contributed by atoms with Crippen molar-refractivity contribution >= 4 is 0 Å². The number of methoxy groups -OCH3 is 1. The van der Waals surface area contributed by atoms with Crippen LogP contribution in [0.15, 0.2) is 40.9 Å². The third-order valence-electron chi connectivity index (χ3n) is 4.43. The predicted molar refractivity (Wildman–Crippen MR) is 100 cm³/mol. The molecular weight excluding hydrogens is 366 g/mol. The number of benzene rings is 2. The van der Waals surface area contributed by atoms with Crippen molar-refractivity contribution in [3.8, 4) is 11.5 Å². The molecule has 0 aliphatic heterocycles. The summed E-state index contributed by atoms with van der Waals surface area (Å²) in [4.78, 5) is 0. The van der Waals surface area contributed by atoms with Crippen LogP contribution in [0.4, 0.5) is 8.78 Å². The molecule has 0 saturated carbocycles. The Morgan fingerprint density at radius 2 is 1.86 bits per heavy atom. The Morgan fingerprint density at radius 3 is 2.57 bits per heavy atom. The summed E-state index contributed by atoms with van der Waals surface area (Å²) in [6.07, 6.45) is 0. The van der Waals surface area contributed by atoms with Crippen LogP contribution in [-0.4, -0.2) is 12.3 Å². The maximum Gasteiger partial charge on any atom is 0.161 e. The molecule has 2 aromatic carbocycles. The molecule has 5 nitrogen and oxygen atoms in total. The van der Waals surface area contributed by atoms with Crippen LogP contribution in [0, 0.1) is 25.5 Å². The zero-order valence-electron chi connectivity index (χ0n) is 16.0. The van der Waals surface area contributed by atoms with Gasteiger partial charge in [0.2, 0.25) is 0 Å². The van der Waals surface area contributed by atoms with E-state index in [-0.39, 0.29) is 12.1 Å². The quantitative estimate of drug-likeness (QED) is 0.618. The van der Waals surface area contributed by atoms with E-state index < -0.39 is 11.6 Å². The molecule has 1 aromatic heterocycles. The second-order valence-corrected chi connectivity index (χ2v) is 6.42. The number of nitrogens with zero attached hydrogens (tertiary/aromatic N) is 1. The van der Waals surface area contributed by atoms with Crippen molar-refractivity contribution in [2.24, 2.45) is 0 Å². The van der Waals surface area contributed by atoms with Gasteiger partial charge in [-0.2, -0.15) is 0 Å². The van der Waals surface area contributed by atoms with Crippen LogP contribution in [0.3, 0.4) is 0 Å². The van der Waals surface area contributed by atoms with Gasteiger partial charge in [0.15, 0.2) is 11.5 Å². The van der Waals surface area contributed by atoms with E-state index in [4.69, 9.17) is 14.0 Å². The van der Waals surface area contributed by atoms with Crippen molar-refractivity contribution in [1.29, 1.82) is 0 Å². The fraction of sp³-hybridized carbons (Fsp3) is 0.286. The normalized spacial score (nSPS) is 10.9. The van der Waals surface area contributed by atoms with E-state index in [2.05, 4.69) is 10.5 Å². The zero-order chi connectivity index (χ0) is 20.1. The minimum absolute atomic E-state index is 0.218. The lowest BCUT2D eigenvalue weighted by molar-refractivity contribution is 0.281. The smallest absolute Gasteiger partial charge is 0.161 e. The van der Waals surface area contributed by atoms with Gasteiger partial charge in [-0.15, -0.1) is 0 Å². The highest BCUT2D eigenvalue weighted by Gasteiger charge is 2.12. The van der Waals surface area contributed by atoms with Crippen molar-refractivity contribution in [2.75, 3.05) is 7.11 Å². The van der Waals surface area contributed by atoms with Gasteiger partial charge in [-0.05, 0) is 49.7 Å². The molecule has 28 heavy (non-hydrogen) atoms. The summed E-state index contributed by atoms with van der Waals surface area (Å²) < 4.78 is 43.3. The first-order chi connectivity index (χ1) is 13.5. The number of rotatable bonds is 8. The Bertz CT molecular complexity index is 937. The van der Waals surface area contributed by atoms with Crippen LogP contribution in [-0.2, 0) is 19.7 Å². The lowest BCUT2D eigenvalue weighted by Crippen LogP contribution is -2.14. The topological polar surface area (TPSA) is 56.5 Å². The molecule has 0 aliphatic carbocycles. The molecule has 148 valence electrons. The number of hydrogen-bond acceptors (Lipinski definition) is 5. The van der Waals surface area contributed by atoms with Gasteiger partial charge in [0.25, 0.3) is 0 Å². The first-order valence-electron chi connectivity index (χ1n) is 8.84. The molecule has 0 atom stereocenters. The average molecular weight is 388 g/mol. The standard InChI is InChI=1S/C21H22F2N2O3/c1-13-18(14(2)28-25-13)12-27-20-7-4-15(8-21(20)26-3)10-24-11-16-9-17(22)5-6-19(16)23/h4-9,24H,10-12H2,1-3H3. The maximum atomic E-state index is 13.7. The molecule has 0 unspecified atom stereocenters. The molecule has 0 spiro atoms. The first kappa shape index (κ1) is 19.8. The van der Waals surface area contributed by atoms with Crippen LogP contribution in [0.2, 0.25) is 0 Å². The lowest BCUT2D eigenvalue weighted by atomic mass is 10.1. The fourth-order valence-electron chi connectivity index (χ4n) is 2.82. The molecule has 0 saturated heterocycles. The van der Waals surface area contributed by atoms with Gasteiger partial charge in [0, 0.05) is 18.7 Å². The van der Waals surface area contributed by atoms with E-state index in [0.29, 0.717) is 24.7 Å². The Labute approximate surface area is 162 Å². The van der Waals surface area contributed by atoms with Gasteiger partial charge in [0.05, 0.1) is 18.4 Å². The third-order valence-corrected chi connectivity index (χ3v) is 4.43. The Kier molecular flexibility index (Phi) is 6.26. The summed E-state index contributed by atoms with van der Waals surface area (Å²) in [7, 11) is 1.57. The monoisotopic (exact) mass is 388 g/mol. The molecule has 0 amide bonds. The van der Waals surface area contributed by atoms with E-state index in [1.165, 1.54) is 6.07 Å². The summed E-state index contributed by atoms with van der Waals surface area (Å²) in [6, 6.07) is 8.97. The van der Waals surface area contributed by atoms with Gasteiger partial charge in [-0.1, -0.05) is 11.2 Å². The minimum Gasteiger partial charge on any atom is -0.493 e. The first-order valence-corrected chi connectivity index (χ1v) is 8.84. The van der Waals surface area contributed by atoms with Crippen LogP contribution in [0.25, 0.3) is 0 Å². The van der Waals surface area contributed by atoms with E-state index in [1.54, 1.807) is 7.11 Å². The maximum absolute atomic E-state index is 13.7. The van der Waals surface area contributed by atoms with Crippen molar-refractivity contribution in [2.45, 2.75) is 33.5 Å². The van der Waals surface area contributed by atoms with E-state index in [1.807, 2.05) is 32.0 Å². The molecule has 0 bridgehead atoms. The highest BCUT2D eigenvalue weighted by Crippen LogP contribution is 2.29. The van der Waals surface area contributed by atoms with Crippen molar-refractivity contribution < 1.29 is 22.8 Å².